The van der Waals surface area contributed by atoms with Crippen molar-refractivity contribution in [3.63, 3.8) is 0 Å². The predicted molar refractivity (Wildman–Crippen MR) is 77.4 cm³/mol. The highest BCUT2D eigenvalue weighted by atomic mass is 35.5. The summed E-state index contributed by atoms with van der Waals surface area (Å²) in [4.78, 5) is 22.9. The van der Waals surface area contributed by atoms with Crippen LogP contribution in [0.3, 0.4) is 0 Å². The number of benzene rings is 1. The highest BCUT2D eigenvalue weighted by molar-refractivity contribution is 6.34. The molecular weight excluding hydrogens is 298 g/mol. The van der Waals surface area contributed by atoms with E-state index in [1.165, 1.54) is 38.5 Å². The molecule has 0 radical (unpaired) electrons. The van der Waals surface area contributed by atoms with Crippen LogP contribution < -0.4 is 20.3 Å². The number of methoxy groups -OCH3 is 2. The monoisotopic (exact) mass is 309 g/mol. The van der Waals surface area contributed by atoms with Gasteiger partial charge in [0.05, 0.1) is 24.9 Å². The van der Waals surface area contributed by atoms with E-state index in [1.54, 1.807) is 0 Å². The minimum absolute atomic E-state index is 0.0560. The van der Waals surface area contributed by atoms with Gasteiger partial charge in [-0.2, -0.15) is 5.10 Å². The molecule has 0 unspecified atom stereocenters. The Morgan fingerprint density at radius 1 is 1.24 bits per heavy atom. The minimum Gasteiger partial charge on any atom is -0.493 e. The van der Waals surface area contributed by atoms with E-state index in [9.17, 15) is 9.59 Å². The third-order valence-corrected chi connectivity index (χ3v) is 2.95. The van der Waals surface area contributed by atoms with Crippen LogP contribution in [0.4, 0.5) is 5.69 Å². The number of rotatable bonds is 4. The summed E-state index contributed by atoms with van der Waals surface area (Å²) in [5.41, 5.74) is 0.00321. The molecule has 0 saturated carbocycles. The topological polar surface area (TPSA) is 93.3 Å². The van der Waals surface area contributed by atoms with Gasteiger partial charge in [-0.3, -0.25) is 9.59 Å². The lowest BCUT2D eigenvalue weighted by Crippen LogP contribution is -2.17. The van der Waals surface area contributed by atoms with Crippen LogP contribution in [0.5, 0.6) is 11.5 Å². The van der Waals surface area contributed by atoms with Crippen LogP contribution in [0.25, 0.3) is 0 Å². The quantitative estimate of drug-likeness (QED) is 0.896. The molecule has 1 amide bonds. The Balaban J connectivity index is 2.28. The van der Waals surface area contributed by atoms with Gasteiger partial charge in [0.1, 0.15) is 5.69 Å². The van der Waals surface area contributed by atoms with Gasteiger partial charge in [-0.1, -0.05) is 11.6 Å². The van der Waals surface area contributed by atoms with E-state index in [2.05, 4.69) is 15.5 Å². The number of carbonyl (C=O) groups is 1. The Hall–Kier alpha value is -2.54. The normalized spacial score (nSPS) is 10.0. The van der Waals surface area contributed by atoms with Gasteiger partial charge in [0, 0.05) is 18.2 Å². The molecule has 2 rings (SSSR count). The molecule has 2 aromatic rings. The van der Waals surface area contributed by atoms with Gasteiger partial charge < -0.3 is 14.8 Å². The van der Waals surface area contributed by atoms with E-state index in [0.717, 1.165) is 0 Å². The maximum Gasteiger partial charge on any atom is 0.276 e. The third kappa shape index (κ3) is 3.32. The molecule has 1 aromatic carbocycles. The first-order chi connectivity index (χ1) is 10.0. The molecule has 7 nitrogen and oxygen atoms in total. The van der Waals surface area contributed by atoms with Crippen LogP contribution in [-0.2, 0) is 0 Å². The van der Waals surface area contributed by atoms with E-state index in [1.807, 2.05) is 0 Å². The molecule has 0 aliphatic carbocycles. The molecule has 0 bridgehead atoms. The maximum absolute atomic E-state index is 12.0. The average molecular weight is 310 g/mol. The fourth-order valence-corrected chi connectivity index (χ4v) is 1.81. The molecule has 0 aliphatic rings. The summed E-state index contributed by atoms with van der Waals surface area (Å²) in [7, 11) is 2.96. The van der Waals surface area contributed by atoms with Gasteiger partial charge in [-0.15, -0.1) is 0 Å². The van der Waals surface area contributed by atoms with E-state index in [-0.39, 0.29) is 10.7 Å². The SMILES string of the molecule is COc1cc(Cl)c(NC(=O)c2ccc(=O)[nH]n2)cc1OC. The first-order valence-electron chi connectivity index (χ1n) is 5.83. The fourth-order valence-electron chi connectivity index (χ4n) is 1.61. The number of nitrogens with zero attached hydrogens (tertiary/aromatic N) is 1. The van der Waals surface area contributed by atoms with Crippen LogP contribution in [0.15, 0.2) is 29.1 Å². The number of nitrogens with one attached hydrogen (secondary N) is 2. The number of anilines is 1. The van der Waals surface area contributed by atoms with Crippen molar-refractivity contribution < 1.29 is 14.3 Å². The predicted octanol–water partition coefficient (Wildman–Crippen LogP) is 1.69. The Morgan fingerprint density at radius 3 is 2.48 bits per heavy atom. The first kappa shape index (κ1) is 14.9. The standard InChI is InChI=1S/C13H12ClN3O4/c1-20-10-5-7(14)9(6-11(10)21-2)15-13(19)8-3-4-12(18)17-16-8/h3-6H,1-2H3,(H,15,19)(H,17,18). The number of ether oxygens (including phenoxy) is 2. The van der Waals surface area contributed by atoms with Crippen LogP contribution in [-0.4, -0.2) is 30.3 Å². The van der Waals surface area contributed by atoms with Gasteiger partial charge in [0.2, 0.25) is 0 Å². The van der Waals surface area contributed by atoms with E-state index in [0.29, 0.717) is 17.2 Å². The summed E-state index contributed by atoms with van der Waals surface area (Å²) in [6, 6.07) is 5.57. The van der Waals surface area contributed by atoms with Crippen molar-refractivity contribution in [3.8, 4) is 11.5 Å². The van der Waals surface area contributed by atoms with Crippen molar-refractivity contribution in [1.82, 2.24) is 10.2 Å². The molecule has 21 heavy (non-hydrogen) atoms. The van der Waals surface area contributed by atoms with Crippen LogP contribution in [0, 0.1) is 0 Å². The second-order valence-electron chi connectivity index (χ2n) is 3.95. The lowest BCUT2D eigenvalue weighted by Gasteiger charge is -2.12. The zero-order valence-electron chi connectivity index (χ0n) is 11.3. The molecule has 0 saturated heterocycles. The Labute approximate surface area is 124 Å². The van der Waals surface area contributed by atoms with Gasteiger partial charge >= 0.3 is 0 Å². The first-order valence-corrected chi connectivity index (χ1v) is 6.21. The number of aromatic nitrogens is 2. The number of aromatic amines is 1. The molecule has 0 aliphatic heterocycles. The highest BCUT2D eigenvalue weighted by Gasteiger charge is 2.14. The number of carbonyl (C=O) groups excluding carboxylic acids is 1. The van der Waals surface area contributed by atoms with Crippen molar-refractivity contribution in [2.24, 2.45) is 0 Å². The summed E-state index contributed by atoms with van der Waals surface area (Å²) in [5.74, 6) is 0.356. The summed E-state index contributed by atoms with van der Waals surface area (Å²) >= 11 is 6.07. The molecule has 1 aromatic heterocycles. The van der Waals surface area contributed by atoms with Gasteiger partial charge in [0.15, 0.2) is 11.5 Å². The number of amides is 1. The highest BCUT2D eigenvalue weighted by Crippen LogP contribution is 2.36. The summed E-state index contributed by atoms with van der Waals surface area (Å²) in [5, 5.41) is 8.67. The summed E-state index contributed by atoms with van der Waals surface area (Å²) in [6.07, 6.45) is 0. The van der Waals surface area contributed by atoms with Crippen molar-refractivity contribution in [1.29, 1.82) is 0 Å². The van der Waals surface area contributed by atoms with Crippen molar-refractivity contribution in [2.45, 2.75) is 0 Å². The average Bonchev–Trinajstić information content (AvgIpc) is 2.49. The zero-order valence-corrected chi connectivity index (χ0v) is 12.0. The summed E-state index contributed by atoms with van der Waals surface area (Å²) < 4.78 is 10.2. The van der Waals surface area contributed by atoms with Crippen molar-refractivity contribution in [2.75, 3.05) is 19.5 Å². The fraction of sp³-hybridized carbons (Fsp3) is 0.154. The van der Waals surface area contributed by atoms with Gasteiger partial charge in [0.25, 0.3) is 11.5 Å². The van der Waals surface area contributed by atoms with E-state index < -0.39 is 11.5 Å². The lowest BCUT2D eigenvalue weighted by atomic mass is 10.2. The van der Waals surface area contributed by atoms with Crippen LogP contribution in [0.1, 0.15) is 10.5 Å². The van der Waals surface area contributed by atoms with Crippen LogP contribution in [0.2, 0.25) is 5.02 Å². The number of hydrogen-bond donors (Lipinski definition) is 2. The van der Waals surface area contributed by atoms with Gasteiger partial charge in [-0.05, 0) is 6.07 Å². The lowest BCUT2D eigenvalue weighted by molar-refractivity contribution is 0.102. The molecule has 0 atom stereocenters. The molecule has 2 N–H and O–H groups in total. The Morgan fingerprint density at radius 2 is 1.90 bits per heavy atom. The van der Waals surface area contributed by atoms with Gasteiger partial charge in [-0.25, -0.2) is 5.10 Å². The van der Waals surface area contributed by atoms with E-state index in [4.69, 9.17) is 21.1 Å². The van der Waals surface area contributed by atoms with Crippen molar-refractivity contribution >= 4 is 23.2 Å². The minimum atomic E-state index is -0.514. The largest absolute Gasteiger partial charge is 0.493 e. The summed E-state index contributed by atoms with van der Waals surface area (Å²) in [6.45, 7) is 0. The zero-order chi connectivity index (χ0) is 15.4. The second kappa shape index (κ2) is 6.27. The number of hydrogen-bond acceptors (Lipinski definition) is 5. The molecule has 1 heterocycles. The third-order valence-electron chi connectivity index (χ3n) is 2.63. The second-order valence-corrected chi connectivity index (χ2v) is 4.35. The molecule has 8 heteroatoms. The Kier molecular flexibility index (Phi) is 4.44. The molecular formula is C13H12ClN3O4. The smallest absolute Gasteiger partial charge is 0.276 e. The number of H-pyrrole nitrogens is 1. The molecule has 0 fully saturated rings. The van der Waals surface area contributed by atoms with Crippen molar-refractivity contribution in [3.05, 3.63) is 45.3 Å². The molecule has 0 spiro atoms. The number of halogens is 1. The maximum atomic E-state index is 12.0. The van der Waals surface area contributed by atoms with Crippen LogP contribution >= 0.6 is 11.6 Å². The molecule has 110 valence electrons. The Bertz CT molecular complexity index is 709. The van der Waals surface area contributed by atoms with E-state index >= 15 is 0 Å².